The number of hydrogen-bond acceptors (Lipinski definition) is 6. The lowest BCUT2D eigenvalue weighted by atomic mass is 9.97. The molecule has 7 nitrogen and oxygen atoms in total. The van der Waals surface area contributed by atoms with Crippen molar-refractivity contribution in [3.8, 4) is 5.88 Å². The number of aromatic amines is 1. The molecule has 1 aliphatic heterocycles. The van der Waals surface area contributed by atoms with Crippen molar-refractivity contribution in [3.05, 3.63) is 32.3 Å². The molecule has 25 heavy (non-hydrogen) atoms. The minimum Gasteiger partial charge on any atom is -0.494 e. The molecule has 136 valence electrons. The van der Waals surface area contributed by atoms with Crippen LogP contribution in [0.4, 0.5) is 0 Å². The van der Waals surface area contributed by atoms with Gasteiger partial charge in [0.2, 0.25) is 5.88 Å². The third-order valence-electron chi connectivity index (χ3n) is 4.59. The van der Waals surface area contributed by atoms with Gasteiger partial charge in [0.05, 0.1) is 32.5 Å². The summed E-state index contributed by atoms with van der Waals surface area (Å²) < 4.78 is 7.08. The third kappa shape index (κ3) is 4.58. The van der Waals surface area contributed by atoms with Crippen LogP contribution in [0.15, 0.2) is 21.5 Å². The number of rotatable bonds is 5. The molecule has 0 unspecified atom stereocenters. The molecule has 1 fully saturated rings. The van der Waals surface area contributed by atoms with Gasteiger partial charge in [0, 0.05) is 6.54 Å². The molecule has 2 aliphatic rings. The van der Waals surface area contributed by atoms with Gasteiger partial charge in [-0.3, -0.25) is 19.4 Å². The maximum atomic E-state index is 12.2. The monoisotopic (exact) mass is 364 g/mol. The molecule has 1 aliphatic carbocycles. The van der Waals surface area contributed by atoms with Crippen LogP contribution in [0.25, 0.3) is 0 Å². The van der Waals surface area contributed by atoms with E-state index in [1.54, 1.807) is 4.57 Å². The Balaban J connectivity index is 1.78. The molecule has 8 heteroatoms. The summed E-state index contributed by atoms with van der Waals surface area (Å²) in [5.41, 5.74) is 1.10. The van der Waals surface area contributed by atoms with Gasteiger partial charge in [-0.1, -0.05) is 11.6 Å². The number of ether oxygens (including phenoxy) is 1. The van der Waals surface area contributed by atoms with Crippen LogP contribution in [-0.2, 0) is 11.3 Å². The lowest BCUT2D eigenvalue weighted by molar-refractivity contribution is 0.0396. The predicted molar refractivity (Wildman–Crippen MR) is 98.7 cm³/mol. The largest absolute Gasteiger partial charge is 0.494 e. The Morgan fingerprint density at radius 2 is 2.16 bits per heavy atom. The normalized spacial score (nSPS) is 18.6. The molecule has 2 N–H and O–H groups in total. The number of aromatic nitrogens is 2. The SMILES string of the molecule is O=c1[nH]c(=S)n(CCC2=CCCCC2)c(O)c1/C=N/N1CCOCC1. The average molecular weight is 364 g/mol. The van der Waals surface area contributed by atoms with Crippen molar-refractivity contribution >= 4 is 18.4 Å². The topological polar surface area (TPSA) is 82.8 Å². The van der Waals surface area contributed by atoms with Crippen molar-refractivity contribution in [2.45, 2.75) is 38.6 Å². The van der Waals surface area contributed by atoms with Crippen molar-refractivity contribution in [2.24, 2.45) is 5.10 Å². The van der Waals surface area contributed by atoms with Crippen LogP contribution >= 0.6 is 12.2 Å². The van der Waals surface area contributed by atoms with Crippen LogP contribution in [0.1, 0.15) is 37.7 Å². The van der Waals surface area contributed by atoms with Crippen LogP contribution in [0, 0.1) is 4.77 Å². The lowest BCUT2D eigenvalue weighted by Crippen LogP contribution is -2.32. The van der Waals surface area contributed by atoms with Crippen molar-refractivity contribution in [2.75, 3.05) is 26.3 Å². The Morgan fingerprint density at radius 1 is 1.36 bits per heavy atom. The number of hydrogen-bond donors (Lipinski definition) is 2. The molecule has 0 bridgehead atoms. The highest BCUT2D eigenvalue weighted by molar-refractivity contribution is 7.71. The second-order valence-electron chi connectivity index (χ2n) is 6.32. The molecule has 0 atom stereocenters. The van der Waals surface area contributed by atoms with Gasteiger partial charge >= 0.3 is 0 Å². The average Bonchev–Trinajstić information content (AvgIpc) is 2.63. The zero-order chi connectivity index (χ0) is 17.6. The van der Waals surface area contributed by atoms with E-state index in [4.69, 9.17) is 17.0 Å². The highest BCUT2D eigenvalue weighted by atomic mass is 32.1. The lowest BCUT2D eigenvalue weighted by Gasteiger charge is -2.23. The van der Waals surface area contributed by atoms with Gasteiger partial charge in [0.15, 0.2) is 4.77 Å². The summed E-state index contributed by atoms with van der Waals surface area (Å²) in [6.45, 7) is 3.11. The highest BCUT2D eigenvalue weighted by Crippen LogP contribution is 2.22. The van der Waals surface area contributed by atoms with E-state index >= 15 is 0 Å². The van der Waals surface area contributed by atoms with Gasteiger partial charge in [0.25, 0.3) is 5.56 Å². The first-order valence-corrected chi connectivity index (χ1v) is 9.16. The fraction of sp³-hybridized carbons (Fsp3) is 0.588. The van der Waals surface area contributed by atoms with E-state index in [1.807, 2.05) is 5.01 Å². The fourth-order valence-corrected chi connectivity index (χ4v) is 3.37. The number of nitrogens with zero attached hydrogens (tertiary/aromatic N) is 3. The van der Waals surface area contributed by atoms with Gasteiger partial charge in [-0.05, 0) is 44.3 Å². The maximum Gasteiger partial charge on any atom is 0.264 e. The number of hydrazone groups is 1. The molecule has 2 heterocycles. The van der Waals surface area contributed by atoms with E-state index in [1.165, 1.54) is 24.6 Å². The van der Waals surface area contributed by atoms with Crippen molar-refractivity contribution in [3.63, 3.8) is 0 Å². The number of morpholine rings is 1. The first-order chi connectivity index (χ1) is 12.1. The maximum absolute atomic E-state index is 12.2. The van der Waals surface area contributed by atoms with E-state index in [-0.39, 0.29) is 16.2 Å². The molecule has 0 saturated carbocycles. The van der Waals surface area contributed by atoms with Crippen LogP contribution in [0.5, 0.6) is 5.88 Å². The Kier molecular flexibility index (Phi) is 6.04. The summed E-state index contributed by atoms with van der Waals surface area (Å²) in [7, 11) is 0. The van der Waals surface area contributed by atoms with Crippen LogP contribution in [0.3, 0.4) is 0 Å². The second-order valence-corrected chi connectivity index (χ2v) is 6.70. The minimum absolute atomic E-state index is 0.123. The molecular weight excluding hydrogens is 340 g/mol. The number of aromatic hydroxyl groups is 1. The predicted octanol–water partition coefficient (Wildman–Crippen LogP) is 2.17. The van der Waals surface area contributed by atoms with E-state index in [2.05, 4.69) is 16.2 Å². The smallest absolute Gasteiger partial charge is 0.264 e. The minimum atomic E-state index is -0.423. The Labute approximate surface area is 151 Å². The van der Waals surface area contributed by atoms with Gasteiger partial charge < -0.3 is 9.84 Å². The zero-order valence-electron chi connectivity index (χ0n) is 14.2. The van der Waals surface area contributed by atoms with Crippen molar-refractivity contribution in [1.82, 2.24) is 14.6 Å². The molecule has 0 spiro atoms. The van der Waals surface area contributed by atoms with Crippen LogP contribution in [-0.4, -0.2) is 52.2 Å². The van der Waals surface area contributed by atoms with Gasteiger partial charge in [-0.15, -0.1) is 0 Å². The quantitative estimate of drug-likeness (QED) is 0.475. The van der Waals surface area contributed by atoms with Crippen molar-refractivity contribution in [1.29, 1.82) is 0 Å². The molecule has 3 rings (SSSR count). The molecule has 1 saturated heterocycles. The number of H-pyrrole nitrogens is 1. The van der Waals surface area contributed by atoms with E-state index < -0.39 is 5.56 Å². The Bertz CT molecular complexity index is 775. The number of allylic oxidation sites excluding steroid dienone is 2. The molecule has 1 aromatic heterocycles. The summed E-state index contributed by atoms with van der Waals surface area (Å²) >= 11 is 5.22. The van der Waals surface area contributed by atoms with Gasteiger partial charge in [-0.2, -0.15) is 5.10 Å². The number of nitrogens with one attached hydrogen (secondary N) is 1. The first-order valence-electron chi connectivity index (χ1n) is 8.76. The Morgan fingerprint density at radius 3 is 2.88 bits per heavy atom. The van der Waals surface area contributed by atoms with Crippen molar-refractivity contribution < 1.29 is 9.84 Å². The molecular formula is C17H24N4O3S. The molecule has 0 aromatic carbocycles. The van der Waals surface area contributed by atoms with Gasteiger partial charge in [-0.25, -0.2) is 0 Å². The summed E-state index contributed by atoms with van der Waals surface area (Å²) in [5.74, 6) is -0.123. The summed E-state index contributed by atoms with van der Waals surface area (Å²) in [5, 5.41) is 16.6. The summed E-state index contributed by atoms with van der Waals surface area (Å²) in [6.07, 6.45) is 9.19. The van der Waals surface area contributed by atoms with Crippen LogP contribution in [0.2, 0.25) is 0 Å². The molecule has 0 radical (unpaired) electrons. The van der Waals surface area contributed by atoms with Gasteiger partial charge in [0.1, 0.15) is 5.56 Å². The summed E-state index contributed by atoms with van der Waals surface area (Å²) in [4.78, 5) is 14.8. The van der Waals surface area contributed by atoms with Crippen LogP contribution < -0.4 is 5.56 Å². The standard InChI is InChI=1S/C17H24N4O3S/c22-15-14(12-18-20-8-10-24-11-9-20)16(23)21(17(25)19-15)7-6-13-4-2-1-3-5-13/h4,12,23H,1-3,5-11H2,(H,19,22,25)/b18-12+. The highest BCUT2D eigenvalue weighted by Gasteiger charge is 2.13. The molecule has 1 aromatic rings. The third-order valence-corrected chi connectivity index (χ3v) is 4.91. The fourth-order valence-electron chi connectivity index (χ4n) is 3.09. The Hall–Kier alpha value is -1.93. The zero-order valence-corrected chi connectivity index (χ0v) is 15.1. The van der Waals surface area contributed by atoms with E-state index in [9.17, 15) is 9.90 Å². The van der Waals surface area contributed by atoms with E-state index in [0.29, 0.717) is 32.8 Å². The first kappa shape index (κ1) is 17.9. The molecule has 0 amide bonds. The second kappa shape index (κ2) is 8.44. The van der Waals surface area contributed by atoms with E-state index in [0.717, 1.165) is 19.3 Å². The summed E-state index contributed by atoms with van der Waals surface area (Å²) in [6, 6.07) is 0.